The average Bonchev–Trinajstić information content (AvgIpc) is 2.84. The maximum atomic E-state index is 11.7. The van der Waals surface area contributed by atoms with Gasteiger partial charge in [-0.2, -0.15) is 0 Å². The van der Waals surface area contributed by atoms with Crippen molar-refractivity contribution in [1.29, 1.82) is 0 Å². The van der Waals surface area contributed by atoms with Gasteiger partial charge in [-0.25, -0.2) is 4.79 Å². The first-order chi connectivity index (χ1) is 11.0. The van der Waals surface area contributed by atoms with Crippen molar-refractivity contribution in [1.82, 2.24) is 4.57 Å². The molecule has 0 amide bonds. The molecule has 0 saturated carbocycles. The van der Waals surface area contributed by atoms with Gasteiger partial charge < -0.3 is 19.9 Å². The van der Waals surface area contributed by atoms with Crippen LogP contribution in [0.5, 0.6) is 11.5 Å². The summed E-state index contributed by atoms with van der Waals surface area (Å²) in [5.74, 6) is -0.763. The Hall–Kier alpha value is -2.95. The number of phenols is 2. The van der Waals surface area contributed by atoms with E-state index in [1.54, 1.807) is 42.5 Å². The minimum absolute atomic E-state index is 0.0588. The lowest BCUT2D eigenvalue weighted by atomic mass is 10.1. The number of hydrogen-bond acceptors (Lipinski definition) is 3. The van der Waals surface area contributed by atoms with E-state index in [9.17, 15) is 20.1 Å². The van der Waals surface area contributed by atoms with Crippen molar-refractivity contribution in [3.63, 3.8) is 0 Å². The molecule has 0 fully saturated rings. The lowest BCUT2D eigenvalue weighted by Crippen LogP contribution is -2.07. The van der Waals surface area contributed by atoms with Gasteiger partial charge in [0.1, 0.15) is 11.5 Å². The average molecular weight is 311 g/mol. The highest BCUT2D eigenvalue weighted by molar-refractivity contribution is 6.06. The molecule has 0 spiro atoms. The highest BCUT2D eigenvalue weighted by Crippen LogP contribution is 2.33. The smallest absolute Gasteiger partial charge is 0.338 e. The molecule has 0 aliphatic heterocycles. The second-order valence-electron chi connectivity index (χ2n) is 5.41. The van der Waals surface area contributed by atoms with E-state index in [4.69, 9.17) is 0 Å². The molecule has 0 saturated heterocycles. The van der Waals surface area contributed by atoms with Crippen molar-refractivity contribution in [2.45, 2.75) is 19.9 Å². The topological polar surface area (TPSA) is 82.7 Å². The van der Waals surface area contributed by atoms with Gasteiger partial charge in [0.05, 0.1) is 11.1 Å². The zero-order chi connectivity index (χ0) is 16.6. The fourth-order valence-corrected chi connectivity index (χ4v) is 3.01. The van der Waals surface area contributed by atoms with E-state index < -0.39 is 5.97 Å². The number of aromatic nitrogens is 1. The Morgan fingerprint density at radius 3 is 2.39 bits per heavy atom. The van der Waals surface area contributed by atoms with Gasteiger partial charge in [0.15, 0.2) is 0 Å². The number of aromatic hydroxyl groups is 2. The Morgan fingerprint density at radius 1 is 1.09 bits per heavy atom. The van der Waals surface area contributed by atoms with Crippen LogP contribution in [0.25, 0.3) is 10.9 Å². The molecule has 3 N–H and O–H groups in total. The lowest BCUT2D eigenvalue weighted by Gasteiger charge is -2.11. The molecule has 0 bridgehead atoms. The fourth-order valence-electron chi connectivity index (χ4n) is 3.01. The molecule has 2 aromatic carbocycles. The van der Waals surface area contributed by atoms with E-state index in [2.05, 4.69) is 0 Å². The van der Waals surface area contributed by atoms with Crippen LogP contribution in [0.2, 0.25) is 0 Å². The molecule has 3 rings (SSSR count). The molecule has 0 aliphatic carbocycles. The van der Waals surface area contributed by atoms with E-state index >= 15 is 0 Å². The van der Waals surface area contributed by atoms with Gasteiger partial charge in [0, 0.05) is 17.6 Å². The number of carboxylic acids is 1. The van der Waals surface area contributed by atoms with Gasteiger partial charge in [-0.3, -0.25) is 0 Å². The minimum atomic E-state index is -0.998. The quantitative estimate of drug-likeness (QED) is 0.690. The van der Waals surface area contributed by atoms with Crippen LogP contribution < -0.4 is 0 Å². The molecule has 1 aromatic heterocycles. The molecule has 0 aliphatic rings. The summed E-state index contributed by atoms with van der Waals surface area (Å²) in [7, 11) is 0. The summed E-state index contributed by atoms with van der Waals surface area (Å²) >= 11 is 0. The first kappa shape index (κ1) is 15.0. The van der Waals surface area contributed by atoms with E-state index in [-0.39, 0.29) is 17.1 Å². The van der Waals surface area contributed by atoms with E-state index in [1.807, 2.05) is 11.5 Å². The Kier molecular flexibility index (Phi) is 3.70. The van der Waals surface area contributed by atoms with E-state index in [1.165, 1.54) is 0 Å². The SMILES string of the molecule is CCc1c(C(=O)O)c2cccc(O)c2n1Cc1ccc(O)cc1. The maximum absolute atomic E-state index is 11.7. The van der Waals surface area contributed by atoms with Crippen molar-refractivity contribution in [2.75, 3.05) is 0 Å². The fraction of sp³-hybridized carbons (Fsp3) is 0.167. The number of aromatic carboxylic acids is 1. The number of hydrogen-bond donors (Lipinski definition) is 3. The number of benzene rings is 2. The van der Waals surface area contributed by atoms with Gasteiger partial charge in [0.25, 0.3) is 0 Å². The molecular formula is C18H17NO4. The summed E-state index contributed by atoms with van der Waals surface area (Å²) in [6.45, 7) is 2.32. The van der Waals surface area contributed by atoms with Crippen molar-refractivity contribution in [3.8, 4) is 11.5 Å². The van der Waals surface area contributed by atoms with Gasteiger partial charge in [-0.05, 0) is 30.2 Å². The third-order valence-corrected chi connectivity index (χ3v) is 3.99. The lowest BCUT2D eigenvalue weighted by molar-refractivity contribution is 0.0697. The molecule has 1 heterocycles. The van der Waals surface area contributed by atoms with Crippen LogP contribution in [0.4, 0.5) is 0 Å². The Morgan fingerprint density at radius 2 is 1.78 bits per heavy atom. The largest absolute Gasteiger partial charge is 0.508 e. The number of rotatable bonds is 4. The summed E-state index contributed by atoms with van der Waals surface area (Å²) in [5, 5.41) is 29.7. The number of carbonyl (C=O) groups is 1. The van der Waals surface area contributed by atoms with Crippen LogP contribution in [0.3, 0.4) is 0 Å². The molecule has 23 heavy (non-hydrogen) atoms. The standard InChI is InChI=1S/C18H17NO4/c1-2-14-16(18(22)23)13-4-3-5-15(21)17(13)19(14)10-11-6-8-12(20)9-7-11/h3-9,20-21H,2,10H2,1H3,(H,22,23). The molecule has 5 heteroatoms. The number of phenolic OH excluding ortho intramolecular Hbond substituents is 2. The predicted octanol–water partition coefficient (Wildman–Crippen LogP) is 3.36. The monoisotopic (exact) mass is 311 g/mol. The van der Waals surface area contributed by atoms with Crippen molar-refractivity contribution < 1.29 is 20.1 Å². The summed E-state index contributed by atoms with van der Waals surface area (Å²) in [4.78, 5) is 11.7. The van der Waals surface area contributed by atoms with Crippen LogP contribution in [0.1, 0.15) is 28.5 Å². The van der Waals surface area contributed by atoms with Crippen molar-refractivity contribution in [3.05, 3.63) is 59.3 Å². The van der Waals surface area contributed by atoms with Gasteiger partial charge in [-0.1, -0.05) is 31.2 Å². The highest BCUT2D eigenvalue weighted by Gasteiger charge is 2.22. The van der Waals surface area contributed by atoms with Crippen molar-refractivity contribution >= 4 is 16.9 Å². The number of para-hydroxylation sites is 1. The van der Waals surface area contributed by atoms with Gasteiger partial charge in [-0.15, -0.1) is 0 Å². The third kappa shape index (κ3) is 2.50. The number of carboxylic acid groups (broad SMARTS) is 1. The third-order valence-electron chi connectivity index (χ3n) is 3.99. The van der Waals surface area contributed by atoms with E-state index in [0.29, 0.717) is 29.6 Å². The molecule has 0 unspecified atom stereocenters. The first-order valence-corrected chi connectivity index (χ1v) is 7.37. The van der Waals surface area contributed by atoms with Crippen LogP contribution in [-0.4, -0.2) is 25.9 Å². The number of fused-ring (bicyclic) bond motifs is 1. The molecule has 0 atom stereocenters. The molecule has 118 valence electrons. The zero-order valence-corrected chi connectivity index (χ0v) is 12.7. The predicted molar refractivity (Wildman–Crippen MR) is 87.1 cm³/mol. The molecular weight excluding hydrogens is 294 g/mol. The van der Waals surface area contributed by atoms with Gasteiger partial charge >= 0.3 is 5.97 Å². The van der Waals surface area contributed by atoms with Crippen LogP contribution >= 0.6 is 0 Å². The Bertz CT molecular complexity index is 878. The second kappa shape index (κ2) is 5.68. The van der Waals surface area contributed by atoms with Gasteiger partial charge in [0.2, 0.25) is 0 Å². The molecule has 5 nitrogen and oxygen atoms in total. The van der Waals surface area contributed by atoms with Crippen LogP contribution in [0, 0.1) is 0 Å². The Balaban J connectivity index is 2.26. The Labute approximate surface area is 133 Å². The summed E-state index contributed by atoms with van der Waals surface area (Å²) in [6, 6.07) is 11.7. The number of nitrogens with zero attached hydrogens (tertiary/aromatic N) is 1. The van der Waals surface area contributed by atoms with E-state index in [0.717, 1.165) is 5.56 Å². The second-order valence-corrected chi connectivity index (χ2v) is 5.41. The highest BCUT2D eigenvalue weighted by atomic mass is 16.4. The first-order valence-electron chi connectivity index (χ1n) is 7.37. The van der Waals surface area contributed by atoms with Crippen LogP contribution in [-0.2, 0) is 13.0 Å². The van der Waals surface area contributed by atoms with Crippen LogP contribution in [0.15, 0.2) is 42.5 Å². The maximum Gasteiger partial charge on any atom is 0.338 e. The normalized spacial score (nSPS) is 11.0. The molecule has 3 aromatic rings. The minimum Gasteiger partial charge on any atom is -0.508 e. The summed E-state index contributed by atoms with van der Waals surface area (Å²) < 4.78 is 1.83. The zero-order valence-electron chi connectivity index (χ0n) is 12.7. The van der Waals surface area contributed by atoms with Crippen molar-refractivity contribution in [2.24, 2.45) is 0 Å². The summed E-state index contributed by atoms with van der Waals surface area (Å²) in [6.07, 6.45) is 0.536. The summed E-state index contributed by atoms with van der Waals surface area (Å²) in [5.41, 5.74) is 2.34. The molecule has 0 radical (unpaired) electrons.